The van der Waals surface area contributed by atoms with E-state index < -0.39 is 0 Å². The highest BCUT2D eigenvalue weighted by atomic mass is 79.9. The molecule has 1 aliphatic rings. The van der Waals surface area contributed by atoms with Gasteiger partial charge in [0.2, 0.25) is 0 Å². The monoisotopic (exact) mass is 341 g/mol. The summed E-state index contributed by atoms with van der Waals surface area (Å²) < 4.78 is 2.96. The first kappa shape index (κ1) is 15.6. The Kier molecular flexibility index (Phi) is 5.27. The van der Waals surface area contributed by atoms with Gasteiger partial charge < -0.3 is 14.8 Å². The van der Waals surface area contributed by atoms with Crippen molar-refractivity contribution in [3.8, 4) is 0 Å². The molecule has 1 saturated heterocycles. The molecule has 112 valence electrons. The first-order valence-corrected chi connectivity index (χ1v) is 8.18. The number of hydrogen-bond donors (Lipinski definition) is 1. The lowest BCUT2D eigenvalue weighted by molar-refractivity contribution is 0.0936. The normalized spacial score (nSPS) is 19.8. The van der Waals surface area contributed by atoms with Crippen molar-refractivity contribution in [3.63, 3.8) is 0 Å². The van der Waals surface area contributed by atoms with Gasteiger partial charge in [-0.3, -0.25) is 4.79 Å². The molecule has 0 aliphatic carbocycles. The van der Waals surface area contributed by atoms with E-state index in [1.54, 1.807) is 0 Å². The lowest BCUT2D eigenvalue weighted by Gasteiger charge is -2.15. The second-order valence-corrected chi connectivity index (χ2v) is 6.72. The molecule has 0 saturated carbocycles. The predicted octanol–water partition coefficient (Wildman–Crippen LogP) is 2.90. The minimum absolute atomic E-state index is 0.0272. The lowest BCUT2D eigenvalue weighted by atomic mass is 10.1. The maximum absolute atomic E-state index is 12.3. The number of rotatable bonds is 5. The summed E-state index contributed by atoms with van der Waals surface area (Å²) in [7, 11) is 0. The van der Waals surface area contributed by atoms with Gasteiger partial charge in [-0.15, -0.1) is 0 Å². The Morgan fingerprint density at radius 2 is 2.30 bits per heavy atom. The molecule has 1 unspecified atom stereocenters. The molecule has 4 nitrogen and oxygen atoms in total. The van der Waals surface area contributed by atoms with E-state index in [-0.39, 0.29) is 11.9 Å². The number of halogens is 1. The van der Waals surface area contributed by atoms with Gasteiger partial charge in [0.1, 0.15) is 5.69 Å². The van der Waals surface area contributed by atoms with E-state index in [0.717, 1.165) is 36.3 Å². The standard InChI is InChI=1S/C15H24BrN3O/c1-4-18-6-5-12(9-18)8-17-15(20)14-7-13(16)10-19(14)11(2)3/h7,10-12H,4-6,8-9H2,1-3H3,(H,17,20). The minimum atomic E-state index is 0.0272. The van der Waals surface area contributed by atoms with Crippen molar-refractivity contribution >= 4 is 21.8 Å². The third kappa shape index (κ3) is 3.64. The second-order valence-electron chi connectivity index (χ2n) is 5.80. The summed E-state index contributed by atoms with van der Waals surface area (Å²) in [6.07, 6.45) is 3.15. The number of nitrogens with zero attached hydrogens (tertiary/aromatic N) is 2. The largest absolute Gasteiger partial charge is 0.350 e. The highest BCUT2D eigenvalue weighted by molar-refractivity contribution is 9.10. The predicted molar refractivity (Wildman–Crippen MR) is 85.1 cm³/mol. The molecule has 1 aromatic heterocycles. The maximum Gasteiger partial charge on any atom is 0.267 e. The molecule has 20 heavy (non-hydrogen) atoms. The fraction of sp³-hybridized carbons (Fsp3) is 0.667. The van der Waals surface area contributed by atoms with Gasteiger partial charge in [0.25, 0.3) is 5.91 Å². The zero-order valence-electron chi connectivity index (χ0n) is 12.5. The quantitative estimate of drug-likeness (QED) is 0.893. The van der Waals surface area contributed by atoms with Crippen molar-refractivity contribution in [1.29, 1.82) is 0 Å². The summed E-state index contributed by atoms with van der Waals surface area (Å²) in [5, 5.41) is 3.09. The van der Waals surface area contributed by atoms with Crippen molar-refractivity contribution in [2.75, 3.05) is 26.2 Å². The van der Waals surface area contributed by atoms with Crippen LogP contribution in [0.4, 0.5) is 0 Å². The fourth-order valence-corrected chi connectivity index (χ4v) is 3.19. The summed E-state index contributed by atoms with van der Waals surface area (Å²) >= 11 is 3.45. The van der Waals surface area contributed by atoms with Crippen LogP contribution in [0.15, 0.2) is 16.7 Å². The number of carbonyl (C=O) groups is 1. The third-order valence-corrected chi connectivity index (χ3v) is 4.41. The van der Waals surface area contributed by atoms with Gasteiger partial charge >= 0.3 is 0 Å². The molecule has 0 aromatic carbocycles. The Morgan fingerprint density at radius 1 is 1.55 bits per heavy atom. The van der Waals surface area contributed by atoms with Gasteiger partial charge in [-0.25, -0.2) is 0 Å². The van der Waals surface area contributed by atoms with E-state index in [0.29, 0.717) is 5.92 Å². The number of carbonyl (C=O) groups excluding carboxylic acids is 1. The second kappa shape index (κ2) is 6.76. The van der Waals surface area contributed by atoms with Crippen LogP contribution < -0.4 is 5.32 Å². The van der Waals surface area contributed by atoms with Crippen molar-refractivity contribution in [2.45, 2.75) is 33.2 Å². The topological polar surface area (TPSA) is 37.3 Å². The maximum atomic E-state index is 12.3. The van der Waals surface area contributed by atoms with Crippen molar-refractivity contribution in [2.24, 2.45) is 5.92 Å². The number of hydrogen-bond acceptors (Lipinski definition) is 2. The average Bonchev–Trinajstić information content (AvgIpc) is 3.02. The van der Waals surface area contributed by atoms with Gasteiger partial charge in [-0.05, 0) is 61.3 Å². The SMILES string of the molecule is CCN1CCC(CNC(=O)c2cc(Br)cn2C(C)C)C1. The number of amides is 1. The smallest absolute Gasteiger partial charge is 0.267 e. The van der Waals surface area contributed by atoms with Gasteiger partial charge in [0.05, 0.1) is 0 Å². The Hall–Kier alpha value is -0.810. The van der Waals surface area contributed by atoms with Crippen LogP contribution in [0.5, 0.6) is 0 Å². The van der Waals surface area contributed by atoms with Crippen LogP contribution in [0.3, 0.4) is 0 Å². The average molecular weight is 342 g/mol. The van der Waals surface area contributed by atoms with E-state index in [1.165, 1.54) is 6.42 Å². The van der Waals surface area contributed by atoms with Gasteiger partial charge in [-0.2, -0.15) is 0 Å². The van der Waals surface area contributed by atoms with Crippen molar-refractivity contribution in [1.82, 2.24) is 14.8 Å². The Balaban J connectivity index is 1.92. The van der Waals surface area contributed by atoms with Crippen LogP contribution >= 0.6 is 15.9 Å². The number of likely N-dealkylation sites (tertiary alicyclic amines) is 1. The van der Waals surface area contributed by atoms with Crippen molar-refractivity contribution in [3.05, 3.63) is 22.4 Å². The molecule has 2 rings (SSSR count). The van der Waals surface area contributed by atoms with Gasteiger partial charge in [-0.1, -0.05) is 6.92 Å². The molecule has 2 heterocycles. The van der Waals surface area contributed by atoms with Crippen LogP contribution in [0.1, 0.15) is 43.7 Å². The van der Waals surface area contributed by atoms with E-state index in [4.69, 9.17) is 0 Å². The molecule has 1 aliphatic heterocycles. The lowest BCUT2D eigenvalue weighted by Crippen LogP contribution is -2.32. The molecule has 1 aromatic rings. The molecule has 1 amide bonds. The zero-order valence-corrected chi connectivity index (χ0v) is 14.1. The summed E-state index contributed by atoms with van der Waals surface area (Å²) in [6.45, 7) is 10.5. The molecule has 1 fully saturated rings. The highest BCUT2D eigenvalue weighted by Crippen LogP contribution is 2.20. The summed E-state index contributed by atoms with van der Waals surface area (Å²) in [6, 6.07) is 2.17. The van der Waals surface area contributed by atoms with Crippen LogP contribution in [-0.4, -0.2) is 41.6 Å². The Bertz CT molecular complexity index is 470. The molecule has 0 radical (unpaired) electrons. The summed E-state index contributed by atoms with van der Waals surface area (Å²) in [5.41, 5.74) is 0.734. The van der Waals surface area contributed by atoms with Crippen LogP contribution in [0.2, 0.25) is 0 Å². The molecular formula is C15H24BrN3O. The van der Waals surface area contributed by atoms with Crippen LogP contribution in [0, 0.1) is 5.92 Å². The van der Waals surface area contributed by atoms with Gasteiger partial charge in [0.15, 0.2) is 0 Å². The first-order chi connectivity index (χ1) is 9.51. The van der Waals surface area contributed by atoms with E-state index in [1.807, 2.05) is 16.8 Å². The Labute approximate surface area is 129 Å². The Morgan fingerprint density at radius 3 is 2.90 bits per heavy atom. The van der Waals surface area contributed by atoms with Crippen LogP contribution in [0.25, 0.3) is 0 Å². The molecular weight excluding hydrogens is 318 g/mol. The zero-order chi connectivity index (χ0) is 14.7. The van der Waals surface area contributed by atoms with E-state index >= 15 is 0 Å². The van der Waals surface area contributed by atoms with E-state index in [9.17, 15) is 4.79 Å². The van der Waals surface area contributed by atoms with Gasteiger partial charge in [0, 0.05) is 29.8 Å². The molecule has 1 N–H and O–H groups in total. The molecule has 0 bridgehead atoms. The number of nitrogens with one attached hydrogen (secondary N) is 1. The minimum Gasteiger partial charge on any atom is -0.350 e. The third-order valence-electron chi connectivity index (χ3n) is 3.97. The number of aromatic nitrogens is 1. The summed E-state index contributed by atoms with van der Waals surface area (Å²) in [5.74, 6) is 0.615. The van der Waals surface area contributed by atoms with Crippen LogP contribution in [-0.2, 0) is 0 Å². The fourth-order valence-electron chi connectivity index (χ4n) is 2.75. The first-order valence-electron chi connectivity index (χ1n) is 7.39. The highest BCUT2D eigenvalue weighted by Gasteiger charge is 2.22. The summed E-state index contributed by atoms with van der Waals surface area (Å²) in [4.78, 5) is 14.8. The molecule has 5 heteroatoms. The molecule has 0 spiro atoms. The van der Waals surface area contributed by atoms with Crippen molar-refractivity contribution < 1.29 is 4.79 Å². The van der Waals surface area contributed by atoms with E-state index in [2.05, 4.69) is 46.9 Å². The molecule has 1 atom stereocenters.